The van der Waals surface area contributed by atoms with Crippen molar-refractivity contribution < 1.29 is 19.1 Å². The van der Waals surface area contributed by atoms with E-state index >= 15 is 0 Å². The van der Waals surface area contributed by atoms with E-state index < -0.39 is 5.91 Å². The SMILES string of the molecule is COc1ccc(NC(=O)/C(C#N)=C\N2CCC(C(N)=O)CC2)cc1OC. The van der Waals surface area contributed by atoms with Gasteiger partial charge < -0.3 is 25.4 Å². The summed E-state index contributed by atoms with van der Waals surface area (Å²) in [5, 5.41) is 12.0. The highest BCUT2D eigenvalue weighted by molar-refractivity contribution is 6.06. The summed E-state index contributed by atoms with van der Waals surface area (Å²) in [4.78, 5) is 25.4. The minimum absolute atomic E-state index is 0.0164. The average Bonchev–Trinajstić information content (AvgIpc) is 2.66. The van der Waals surface area contributed by atoms with Gasteiger partial charge >= 0.3 is 0 Å². The molecule has 8 nitrogen and oxygen atoms in total. The quantitative estimate of drug-likeness (QED) is 0.584. The van der Waals surface area contributed by atoms with Crippen molar-refractivity contribution in [3.63, 3.8) is 0 Å². The van der Waals surface area contributed by atoms with Gasteiger partial charge in [-0.1, -0.05) is 0 Å². The average molecular weight is 358 g/mol. The highest BCUT2D eigenvalue weighted by Gasteiger charge is 2.22. The fourth-order valence-electron chi connectivity index (χ4n) is 2.75. The van der Waals surface area contributed by atoms with Crippen LogP contribution in [-0.4, -0.2) is 44.0 Å². The zero-order chi connectivity index (χ0) is 19.1. The molecule has 1 aliphatic rings. The molecule has 1 heterocycles. The Morgan fingerprint density at radius 3 is 2.46 bits per heavy atom. The van der Waals surface area contributed by atoms with E-state index in [1.165, 1.54) is 20.4 Å². The number of nitrogens with zero attached hydrogens (tertiary/aromatic N) is 2. The number of benzene rings is 1. The number of ether oxygens (including phenoxy) is 2. The smallest absolute Gasteiger partial charge is 0.267 e. The van der Waals surface area contributed by atoms with Crippen molar-refractivity contribution in [3.05, 3.63) is 30.0 Å². The third-order valence-electron chi connectivity index (χ3n) is 4.25. The van der Waals surface area contributed by atoms with Crippen LogP contribution in [0.1, 0.15) is 12.8 Å². The van der Waals surface area contributed by atoms with Gasteiger partial charge in [-0.25, -0.2) is 0 Å². The number of nitriles is 1. The number of carbonyl (C=O) groups is 2. The van der Waals surface area contributed by atoms with Gasteiger partial charge in [0.05, 0.1) is 14.2 Å². The monoisotopic (exact) mass is 358 g/mol. The number of nitrogens with two attached hydrogens (primary N) is 1. The Kier molecular flexibility index (Phi) is 6.44. The fourth-order valence-corrected chi connectivity index (χ4v) is 2.75. The molecule has 0 aliphatic carbocycles. The molecule has 138 valence electrons. The van der Waals surface area contributed by atoms with Crippen LogP contribution < -0.4 is 20.5 Å². The summed E-state index contributed by atoms with van der Waals surface area (Å²) in [5.74, 6) is 0.0445. The minimum Gasteiger partial charge on any atom is -0.493 e. The number of likely N-dealkylation sites (tertiary alicyclic amines) is 1. The predicted molar refractivity (Wildman–Crippen MR) is 95.4 cm³/mol. The summed E-state index contributed by atoms with van der Waals surface area (Å²) in [7, 11) is 3.02. The van der Waals surface area contributed by atoms with Gasteiger partial charge in [0, 0.05) is 37.0 Å². The first-order valence-corrected chi connectivity index (χ1v) is 8.17. The van der Waals surface area contributed by atoms with E-state index in [9.17, 15) is 14.9 Å². The van der Waals surface area contributed by atoms with E-state index in [1.807, 2.05) is 11.0 Å². The van der Waals surface area contributed by atoms with E-state index in [0.29, 0.717) is 43.1 Å². The van der Waals surface area contributed by atoms with Crippen molar-refractivity contribution >= 4 is 17.5 Å². The number of amides is 2. The fraction of sp³-hybridized carbons (Fsp3) is 0.389. The number of anilines is 1. The van der Waals surface area contributed by atoms with E-state index in [-0.39, 0.29) is 17.4 Å². The van der Waals surface area contributed by atoms with Crippen LogP contribution in [-0.2, 0) is 9.59 Å². The van der Waals surface area contributed by atoms with Crippen LogP contribution in [0.15, 0.2) is 30.0 Å². The predicted octanol–water partition coefficient (Wildman–Crippen LogP) is 1.25. The lowest BCUT2D eigenvalue weighted by molar-refractivity contribution is -0.123. The molecule has 0 spiro atoms. The lowest BCUT2D eigenvalue weighted by atomic mass is 9.96. The maximum Gasteiger partial charge on any atom is 0.267 e. The van der Waals surface area contributed by atoms with Gasteiger partial charge in [-0.15, -0.1) is 0 Å². The second-order valence-electron chi connectivity index (χ2n) is 5.89. The molecule has 1 aliphatic heterocycles. The summed E-state index contributed by atoms with van der Waals surface area (Å²) in [6, 6.07) is 6.85. The summed E-state index contributed by atoms with van der Waals surface area (Å²) in [5.41, 5.74) is 5.78. The first-order valence-electron chi connectivity index (χ1n) is 8.17. The number of hydrogen-bond acceptors (Lipinski definition) is 6. The third kappa shape index (κ3) is 4.66. The molecule has 0 bridgehead atoms. The molecular formula is C18H22N4O4. The molecule has 1 fully saturated rings. The number of carbonyl (C=O) groups excluding carboxylic acids is 2. The maximum atomic E-state index is 12.4. The first-order chi connectivity index (χ1) is 12.5. The zero-order valence-electron chi connectivity index (χ0n) is 14.8. The van der Waals surface area contributed by atoms with Gasteiger partial charge in [-0.2, -0.15) is 5.26 Å². The molecule has 1 aromatic carbocycles. The van der Waals surface area contributed by atoms with Gasteiger partial charge in [0.1, 0.15) is 11.6 Å². The lowest BCUT2D eigenvalue weighted by Gasteiger charge is -2.29. The number of piperidine rings is 1. The van der Waals surface area contributed by atoms with E-state index in [4.69, 9.17) is 15.2 Å². The van der Waals surface area contributed by atoms with Crippen LogP contribution >= 0.6 is 0 Å². The third-order valence-corrected chi connectivity index (χ3v) is 4.25. The van der Waals surface area contributed by atoms with Crippen LogP contribution in [0, 0.1) is 17.2 Å². The Balaban J connectivity index is 2.05. The molecule has 2 amide bonds. The molecule has 0 radical (unpaired) electrons. The molecule has 1 saturated heterocycles. The Hall–Kier alpha value is -3.21. The van der Waals surface area contributed by atoms with E-state index in [1.54, 1.807) is 18.2 Å². The Bertz CT molecular complexity index is 746. The van der Waals surface area contributed by atoms with Crippen molar-refractivity contribution in [1.29, 1.82) is 5.26 Å². The van der Waals surface area contributed by atoms with Gasteiger partial charge in [-0.05, 0) is 25.0 Å². The molecule has 8 heteroatoms. The second-order valence-corrected chi connectivity index (χ2v) is 5.89. The second kappa shape index (κ2) is 8.76. The molecule has 0 aromatic heterocycles. The van der Waals surface area contributed by atoms with Gasteiger partial charge in [-0.3, -0.25) is 9.59 Å². The molecular weight excluding hydrogens is 336 g/mol. The highest BCUT2D eigenvalue weighted by atomic mass is 16.5. The van der Waals surface area contributed by atoms with Gasteiger partial charge in [0.2, 0.25) is 5.91 Å². The molecule has 0 saturated carbocycles. The van der Waals surface area contributed by atoms with Crippen LogP contribution in [0.5, 0.6) is 11.5 Å². The first kappa shape index (κ1) is 19.1. The van der Waals surface area contributed by atoms with Crippen LogP contribution in [0.2, 0.25) is 0 Å². The summed E-state index contributed by atoms with van der Waals surface area (Å²) < 4.78 is 10.3. The topological polar surface area (TPSA) is 118 Å². The Labute approximate surface area is 152 Å². The van der Waals surface area contributed by atoms with E-state index in [2.05, 4.69) is 5.32 Å². The van der Waals surface area contributed by atoms with Gasteiger partial charge in [0.25, 0.3) is 5.91 Å². The number of hydrogen-bond donors (Lipinski definition) is 2. The zero-order valence-corrected chi connectivity index (χ0v) is 14.8. The summed E-state index contributed by atoms with van der Waals surface area (Å²) in [6.45, 7) is 1.14. The van der Waals surface area contributed by atoms with Gasteiger partial charge in [0.15, 0.2) is 11.5 Å². The highest BCUT2D eigenvalue weighted by Crippen LogP contribution is 2.29. The van der Waals surface area contributed by atoms with Crippen molar-refractivity contribution in [2.45, 2.75) is 12.8 Å². The molecule has 2 rings (SSSR count). The van der Waals surface area contributed by atoms with Crippen LogP contribution in [0.3, 0.4) is 0 Å². The Morgan fingerprint density at radius 1 is 1.27 bits per heavy atom. The minimum atomic E-state index is -0.517. The summed E-state index contributed by atoms with van der Waals surface area (Å²) >= 11 is 0. The van der Waals surface area contributed by atoms with Crippen LogP contribution in [0.25, 0.3) is 0 Å². The van der Waals surface area contributed by atoms with E-state index in [0.717, 1.165) is 0 Å². The molecule has 26 heavy (non-hydrogen) atoms. The number of nitrogens with one attached hydrogen (secondary N) is 1. The van der Waals surface area contributed by atoms with Crippen molar-refractivity contribution in [3.8, 4) is 17.6 Å². The van der Waals surface area contributed by atoms with Crippen molar-refractivity contribution in [2.24, 2.45) is 11.7 Å². The molecule has 0 unspecified atom stereocenters. The molecule has 3 N–H and O–H groups in total. The maximum absolute atomic E-state index is 12.4. The van der Waals surface area contributed by atoms with Crippen molar-refractivity contribution in [2.75, 3.05) is 32.6 Å². The van der Waals surface area contributed by atoms with Crippen LogP contribution in [0.4, 0.5) is 5.69 Å². The number of primary amides is 1. The lowest BCUT2D eigenvalue weighted by Crippen LogP contribution is -2.36. The number of methoxy groups -OCH3 is 2. The largest absolute Gasteiger partial charge is 0.493 e. The van der Waals surface area contributed by atoms with Crippen molar-refractivity contribution in [1.82, 2.24) is 4.90 Å². The Morgan fingerprint density at radius 2 is 1.92 bits per heavy atom. The number of rotatable bonds is 6. The summed E-state index contributed by atoms with van der Waals surface area (Å²) in [6.07, 6.45) is 2.75. The molecule has 1 aromatic rings. The normalized spacial score (nSPS) is 15.1. The standard InChI is InChI=1S/C18H22N4O4/c1-25-15-4-3-14(9-16(15)26-2)21-18(24)13(10-19)11-22-7-5-12(6-8-22)17(20)23/h3-4,9,11-12H,5-8H2,1-2H3,(H2,20,23)(H,21,24)/b13-11-. The molecule has 0 atom stereocenters.